The van der Waals surface area contributed by atoms with Crippen LogP contribution < -0.4 is 4.90 Å². The molecule has 2 aromatic rings. The van der Waals surface area contributed by atoms with Gasteiger partial charge in [0.25, 0.3) is 5.91 Å². The van der Waals surface area contributed by atoms with Crippen LogP contribution in [-0.2, 0) is 0 Å². The molecule has 2 aromatic heterocycles. The summed E-state index contributed by atoms with van der Waals surface area (Å²) in [4.78, 5) is 30.8. The number of rotatable bonds is 3. The largest absolute Gasteiger partial charge is 0.477 e. The molecule has 0 saturated heterocycles. The molecule has 0 aliphatic heterocycles. The Bertz CT molecular complexity index is 578. The molecule has 6 nitrogen and oxygen atoms in total. The van der Waals surface area contributed by atoms with Crippen LogP contribution in [0.5, 0.6) is 0 Å². The third-order valence-corrected chi connectivity index (χ3v) is 2.50. The fraction of sp³-hybridized carbons (Fsp3) is 0.0833. The van der Waals surface area contributed by atoms with Crippen LogP contribution in [0.25, 0.3) is 0 Å². The van der Waals surface area contributed by atoms with E-state index in [0.717, 1.165) is 0 Å². The molecule has 92 valence electrons. The van der Waals surface area contributed by atoms with Gasteiger partial charge in [0.05, 0.1) is 5.69 Å². The van der Waals surface area contributed by atoms with Crippen LogP contribution in [0.4, 0.5) is 5.69 Å². The highest BCUT2D eigenvalue weighted by atomic mass is 16.4. The van der Waals surface area contributed by atoms with Gasteiger partial charge < -0.3 is 15.0 Å². The van der Waals surface area contributed by atoms with Crippen LogP contribution in [0.3, 0.4) is 0 Å². The van der Waals surface area contributed by atoms with E-state index in [1.807, 2.05) is 0 Å². The number of carboxylic acids is 1. The number of aromatic nitrogens is 2. The van der Waals surface area contributed by atoms with Gasteiger partial charge in [-0.15, -0.1) is 0 Å². The van der Waals surface area contributed by atoms with Crippen molar-refractivity contribution in [3.63, 3.8) is 0 Å². The van der Waals surface area contributed by atoms with Crippen LogP contribution in [0.1, 0.15) is 20.8 Å². The van der Waals surface area contributed by atoms with E-state index in [0.29, 0.717) is 5.69 Å². The Morgan fingerprint density at radius 3 is 2.78 bits per heavy atom. The van der Waals surface area contributed by atoms with Gasteiger partial charge in [-0.1, -0.05) is 0 Å². The molecule has 0 aliphatic carbocycles. The van der Waals surface area contributed by atoms with Gasteiger partial charge in [-0.25, -0.2) is 9.78 Å². The molecular weight excluding hydrogens is 234 g/mol. The highest BCUT2D eigenvalue weighted by Crippen LogP contribution is 2.14. The average Bonchev–Trinajstić information content (AvgIpc) is 2.91. The van der Waals surface area contributed by atoms with Crippen molar-refractivity contribution >= 4 is 17.6 Å². The summed E-state index contributed by atoms with van der Waals surface area (Å²) < 4.78 is 0. The summed E-state index contributed by atoms with van der Waals surface area (Å²) in [6.07, 6.45) is 4.69. The first-order chi connectivity index (χ1) is 8.59. The van der Waals surface area contributed by atoms with E-state index < -0.39 is 5.97 Å². The maximum atomic E-state index is 12.1. The minimum Gasteiger partial charge on any atom is -0.477 e. The Hall–Kier alpha value is -2.63. The molecule has 0 aliphatic rings. The Morgan fingerprint density at radius 2 is 2.17 bits per heavy atom. The molecule has 0 saturated carbocycles. The molecule has 0 unspecified atom stereocenters. The summed E-state index contributed by atoms with van der Waals surface area (Å²) in [6, 6.07) is 4.49. The van der Waals surface area contributed by atoms with E-state index in [9.17, 15) is 9.59 Å². The van der Waals surface area contributed by atoms with Crippen molar-refractivity contribution < 1.29 is 14.7 Å². The maximum Gasteiger partial charge on any atom is 0.354 e. The number of amides is 1. The number of nitrogens with zero attached hydrogens (tertiary/aromatic N) is 2. The quantitative estimate of drug-likeness (QED) is 0.855. The maximum absolute atomic E-state index is 12.1. The minimum atomic E-state index is -1.16. The number of aromatic amines is 1. The van der Waals surface area contributed by atoms with Gasteiger partial charge in [0.2, 0.25) is 0 Å². The number of nitrogens with one attached hydrogen (secondary N) is 1. The molecular formula is C12H11N3O3. The average molecular weight is 245 g/mol. The predicted octanol–water partition coefficient (Wildman–Crippen LogP) is 1.38. The topological polar surface area (TPSA) is 86.3 Å². The van der Waals surface area contributed by atoms with Crippen molar-refractivity contribution in [2.75, 3.05) is 11.9 Å². The summed E-state index contributed by atoms with van der Waals surface area (Å²) in [5.41, 5.74) is 0.836. The van der Waals surface area contributed by atoms with E-state index >= 15 is 0 Å². The standard InChI is InChI=1S/C12H11N3O3/c1-15(9-3-4-13-7-9)11(16)8-2-5-14-10(6-8)12(17)18/h2-7,13H,1H3,(H,17,18). The van der Waals surface area contributed by atoms with Crippen molar-refractivity contribution in [3.05, 3.63) is 48.0 Å². The predicted molar refractivity (Wildman–Crippen MR) is 64.7 cm³/mol. The van der Waals surface area contributed by atoms with E-state index in [-0.39, 0.29) is 17.2 Å². The summed E-state index contributed by atoms with van der Waals surface area (Å²) in [7, 11) is 1.62. The Morgan fingerprint density at radius 1 is 1.39 bits per heavy atom. The normalized spacial score (nSPS) is 10.1. The second-order valence-corrected chi connectivity index (χ2v) is 3.67. The summed E-state index contributed by atoms with van der Waals surface area (Å²) in [5.74, 6) is -1.45. The third-order valence-electron chi connectivity index (χ3n) is 2.50. The Kier molecular flexibility index (Phi) is 3.09. The second-order valence-electron chi connectivity index (χ2n) is 3.67. The highest BCUT2D eigenvalue weighted by Gasteiger charge is 2.15. The van der Waals surface area contributed by atoms with Gasteiger partial charge >= 0.3 is 5.97 Å². The molecule has 0 radical (unpaired) electrons. The van der Waals surface area contributed by atoms with Gasteiger partial charge in [-0.05, 0) is 18.2 Å². The van der Waals surface area contributed by atoms with Crippen molar-refractivity contribution in [2.45, 2.75) is 0 Å². The molecule has 0 spiro atoms. The number of H-pyrrole nitrogens is 1. The first kappa shape index (κ1) is 11.8. The number of anilines is 1. The Balaban J connectivity index is 2.29. The van der Waals surface area contributed by atoms with Crippen molar-refractivity contribution in [1.29, 1.82) is 0 Å². The fourth-order valence-corrected chi connectivity index (χ4v) is 1.52. The third kappa shape index (κ3) is 2.22. The van der Waals surface area contributed by atoms with Crippen LogP contribution >= 0.6 is 0 Å². The SMILES string of the molecule is CN(C(=O)c1ccnc(C(=O)O)c1)c1cc[nH]c1. The Labute approximate surface area is 103 Å². The number of hydrogen-bond acceptors (Lipinski definition) is 3. The lowest BCUT2D eigenvalue weighted by molar-refractivity contribution is 0.0690. The molecule has 2 heterocycles. The number of carbonyl (C=O) groups excluding carboxylic acids is 1. The first-order valence-electron chi connectivity index (χ1n) is 5.20. The summed E-state index contributed by atoms with van der Waals surface area (Å²) in [6.45, 7) is 0. The van der Waals surface area contributed by atoms with Gasteiger partial charge in [-0.3, -0.25) is 4.79 Å². The molecule has 18 heavy (non-hydrogen) atoms. The molecule has 0 atom stereocenters. The number of carboxylic acid groups (broad SMARTS) is 1. The summed E-state index contributed by atoms with van der Waals surface area (Å²) >= 11 is 0. The van der Waals surface area contributed by atoms with E-state index in [1.54, 1.807) is 25.5 Å². The zero-order valence-corrected chi connectivity index (χ0v) is 9.62. The van der Waals surface area contributed by atoms with Gasteiger partial charge in [-0.2, -0.15) is 0 Å². The fourth-order valence-electron chi connectivity index (χ4n) is 1.52. The first-order valence-corrected chi connectivity index (χ1v) is 5.20. The number of carbonyl (C=O) groups is 2. The van der Waals surface area contributed by atoms with Crippen LogP contribution in [0.15, 0.2) is 36.8 Å². The molecule has 6 heteroatoms. The number of aromatic carboxylic acids is 1. The molecule has 0 fully saturated rings. The minimum absolute atomic E-state index is 0.150. The van der Waals surface area contributed by atoms with Gasteiger partial charge in [0.15, 0.2) is 0 Å². The zero-order chi connectivity index (χ0) is 13.1. The van der Waals surface area contributed by atoms with Gasteiger partial charge in [0, 0.05) is 31.2 Å². The lowest BCUT2D eigenvalue weighted by Crippen LogP contribution is -2.26. The van der Waals surface area contributed by atoms with Crippen molar-refractivity contribution in [1.82, 2.24) is 9.97 Å². The second kappa shape index (κ2) is 4.70. The van der Waals surface area contributed by atoms with Crippen molar-refractivity contribution in [2.24, 2.45) is 0 Å². The number of pyridine rings is 1. The zero-order valence-electron chi connectivity index (χ0n) is 9.62. The molecule has 0 bridgehead atoms. The summed E-state index contributed by atoms with van der Waals surface area (Å²) in [5, 5.41) is 8.82. The monoisotopic (exact) mass is 245 g/mol. The van der Waals surface area contributed by atoms with Crippen LogP contribution in [-0.4, -0.2) is 34.0 Å². The smallest absolute Gasteiger partial charge is 0.354 e. The van der Waals surface area contributed by atoms with Crippen LogP contribution in [0, 0.1) is 0 Å². The van der Waals surface area contributed by atoms with E-state index in [4.69, 9.17) is 5.11 Å². The molecule has 2 rings (SSSR count). The molecule has 0 aromatic carbocycles. The van der Waals surface area contributed by atoms with Crippen LogP contribution in [0.2, 0.25) is 0 Å². The molecule has 1 amide bonds. The lowest BCUT2D eigenvalue weighted by Gasteiger charge is -2.15. The van der Waals surface area contributed by atoms with Gasteiger partial charge in [0.1, 0.15) is 5.69 Å². The number of hydrogen-bond donors (Lipinski definition) is 2. The van der Waals surface area contributed by atoms with E-state index in [2.05, 4.69) is 9.97 Å². The van der Waals surface area contributed by atoms with Crippen molar-refractivity contribution in [3.8, 4) is 0 Å². The lowest BCUT2D eigenvalue weighted by atomic mass is 10.2. The van der Waals surface area contributed by atoms with E-state index in [1.165, 1.54) is 23.2 Å². The highest BCUT2D eigenvalue weighted by molar-refractivity contribution is 6.06. The molecule has 2 N–H and O–H groups in total.